The van der Waals surface area contributed by atoms with Crippen LogP contribution in [0.1, 0.15) is 37.0 Å². The van der Waals surface area contributed by atoms with E-state index in [1.54, 1.807) is 17.1 Å². The number of fused-ring (bicyclic) bond motifs is 1. The molecule has 5 aromatic rings. The van der Waals surface area contributed by atoms with Gasteiger partial charge in [0.2, 0.25) is 18.5 Å². The SMILES string of the molecule is Fc1cccc(-c2nc3cn[n+](Cc4cc(-c5ccc(C#CC6CCCC6)cc5)no4)cc3[nH]2)c1F. The molecular formula is C28H22F2N5O+. The van der Waals surface area contributed by atoms with E-state index in [9.17, 15) is 8.78 Å². The Labute approximate surface area is 206 Å². The number of nitrogens with one attached hydrogen (secondary N) is 1. The van der Waals surface area contributed by atoms with Crippen molar-refractivity contribution in [1.82, 2.24) is 20.2 Å². The standard InChI is InChI=1S/C28H21F2N5O/c29-23-7-3-6-22(27(23)30)28-32-25-15-31-35(17-26(25)33-28)16-21-14-24(34-36-21)20-12-10-19(11-13-20)9-8-18-4-1-2-5-18/h3,6-7,10-15,17-18H,1-2,4-5,16H2/p+1. The first-order chi connectivity index (χ1) is 17.6. The molecule has 0 saturated heterocycles. The van der Waals surface area contributed by atoms with Crippen LogP contribution in [-0.2, 0) is 6.54 Å². The average molecular weight is 483 g/mol. The van der Waals surface area contributed by atoms with Crippen LogP contribution < -0.4 is 4.68 Å². The van der Waals surface area contributed by atoms with Gasteiger partial charge in [0.15, 0.2) is 11.6 Å². The predicted molar refractivity (Wildman–Crippen MR) is 129 cm³/mol. The number of nitrogens with zero attached hydrogens (tertiary/aromatic N) is 4. The number of hydrogen-bond donors (Lipinski definition) is 1. The zero-order valence-corrected chi connectivity index (χ0v) is 19.3. The van der Waals surface area contributed by atoms with E-state index in [-0.39, 0.29) is 11.4 Å². The molecule has 8 heteroatoms. The maximum absolute atomic E-state index is 14.2. The zero-order valence-electron chi connectivity index (χ0n) is 19.3. The molecule has 3 heterocycles. The van der Waals surface area contributed by atoms with Gasteiger partial charge in [-0.1, -0.05) is 52.7 Å². The van der Waals surface area contributed by atoms with Crippen molar-refractivity contribution in [1.29, 1.82) is 0 Å². The second kappa shape index (κ2) is 9.34. The smallest absolute Gasteiger partial charge is 0.234 e. The molecule has 0 aliphatic heterocycles. The van der Waals surface area contributed by atoms with Crippen LogP contribution in [0.15, 0.2) is 65.4 Å². The first-order valence-corrected chi connectivity index (χ1v) is 11.9. The largest absolute Gasteiger partial charge is 0.354 e. The highest BCUT2D eigenvalue weighted by molar-refractivity contribution is 5.77. The Morgan fingerprint density at radius 1 is 1.08 bits per heavy atom. The number of halogens is 2. The Kier molecular flexibility index (Phi) is 5.74. The minimum Gasteiger partial charge on any atom is -0.354 e. The monoisotopic (exact) mass is 482 g/mol. The van der Waals surface area contributed by atoms with Crippen LogP contribution in [0.3, 0.4) is 0 Å². The Bertz CT molecular complexity index is 1600. The van der Waals surface area contributed by atoms with Crippen molar-refractivity contribution in [2.75, 3.05) is 0 Å². The van der Waals surface area contributed by atoms with Crippen molar-refractivity contribution in [2.45, 2.75) is 32.2 Å². The molecular weight excluding hydrogens is 460 g/mol. The third-order valence-electron chi connectivity index (χ3n) is 6.41. The van der Waals surface area contributed by atoms with Gasteiger partial charge >= 0.3 is 0 Å². The summed E-state index contributed by atoms with van der Waals surface area (Å²) < 4.78 is 35.0. The summed E-state index contributed by atoms with van der Waals surface area (Å²) in [6.45, 7) is 0.344. The number of hydrogen-bond acceptors (Lipinski definition) is 4. The number of imidazole rings is 1. The number of benzene rings is 2. The number of aromatic amines is 1. The number of aromatic nitrogens is 5. The predicted octanol–water partition coefficient (Wildman–Crippen LogP) is 5.44. The first kappa shape index (κ1) is 22.1. The summed E-state index contributed by atoms with van der Waals surface area (Å²) in [4.78, 5) is 7.37. The number of rotatable bonds is 4. The Balaban J connectivity index is 1.18. The van der Waals surface area contributed by atoms with Crippen LogP contribution in [0.5, 0.6) is 0 Å². The fourth-order valence-electron chi connectivity index (χ4n) is 4.47. The molecule has 0 spiro atoms. The van der Waals surface area contributed by atoms with E-state index in [0.29, 0.717) is 29.3 Å². The van der Waals surface area contributed by atoms with E-state index in [4.69, 9.17) is 4.52 Å². The van der Waals surface area contributed by atoms with E-state index in [1.807, 2.05) is 30.3 Å². The van der Waals surface area contributed by atoms with Gasteiger partial charge in [0.05, 0.1) is 5.56 Å². The van der Waals surface area contributed by atoms with Gasteiger partial charge in [-0.15, -0.1) is 0 Å². The van der Waals surface area contributed by atoms with Gasteiger partial charge in [-0.3, -0.25) is 0 Å². The highest BCUT2D eigenvalue weighted by Gasteiger charge is 2.18. The molecule has 0 bridgehead atoms. The molecule has 0 atom stereocenters. The van der Waals surface area contributed by atoms with E-state index < -0.39 is 11.6 Å². The van der Waals surface area contributed by atoms with Gasteiger partial charge in [-0.05, 0) is 42.2 Å². The Morgan fingerprint density at radius 3 is 2.75 bits per heavy atom. The summed E-state index contributed by atoms with van der Waals surface area (Å²) in [6.07, 6.45) is 8.29. The van der Waals surface area contributed by atoms with Gasteiger partial charge in [0.1, 0.15) is 28.7 Å². The van der Waals surface area contributed by atoms with Crippen molar-refractivity contribution in [2.24, 2.45) is 5.92 Å². The normalized spacial score (nSPS) is 13.7. The van der Waals surface area contributed by atoms with Crippen LogP contribution in [0.4, 0.5) is 8.78 Å². The molecule has 0 amide bonds. The van der Waals surface area contributed by atoms with E-state index in [1.165, 1.54) is 37.8 Å². The molecule has 1 saturated carbocycles. The van der Waals surface area contributed by atoms with E-state index >= 15 is 0 Å². The molecule has 6 rings (SSSR count). The lowest BCUT2D eigenvalue weighted by atomic mass is 10.1. The summed E-state index contributed by atoms with van der Waals surface area (Å²) in [5.41, 5.74) is 3.91. The first-order valence-electron chi connectivity index (χ1n) is 11.9. The average Bonchev–Trinajstić information content (AvgIpc) is 3.66. The van der Waals surface area contributed by atoms with E-state index in [0.717, 1.165) is 22.9 Å². The van der Waals surface area contributed by atoms with Gasteiger partial charge < -0.3 is 9.51 Å². The molecule has 0 unspecified atom stereocenters. The van der Waals surface area contributed by atoms with Crippen molar-refractivity contribution >= 4 is 11.0 Å². The van der Waals surface area contributed by atoms with Crippen molar-refractivity contribution in [3.8, 4) is 34.5 Å². The highest BCUT2D eigenvalue weighted by Crippen LogP contribution is 2.25. The quantitative estimate of drug-likeness (QED) is 0.274. The summed E-state index contributed by atoms with van der Waals surface area (Å²) in [6, 6.07) is 13.9. The summed E-state index contributed by atoms with van der Waals surface area (Å²) in [5, 5.41) is 8.56. The summed E-state index contributed by atoms with van der Waals surface area (Å²) in [5.74, 6) is 6.19. The van der Waals surface area contributed by atoms with Crippen LogP contribution in [0, 0.1) is 29.4 Å². The van der Waals surface area contributed by atoms with Gasteiger partial charge in [0.25, 0.3) is 0 Å². The molecule has 1 aliphatic carbocycles. The number of H-pyrrole nitrogens is 1. The van der Waals surface area contributed by atoms with Gasteiger partial charge in [0, 0.05) is 23.1 Å². The molecule has 1 fully saturated rings. The minimum absolute atomic E-state index is 0.0631. The van der Waals surface area contributed by atoms with Crippen LogP contribution >= 0.6 is 0 Å². The van der Waals surface area contributed by atoms with Crippen molar-refractivity contribution in [3.63, 3.8) is 0 Å². The second-order valence-electron chi connectivity index (χ2n) is 8.96. The molecule has 1 N–H and O–H groups in total. The highest BCUT2D eigenvalue weighted by atomic mass is 19.2. The summed E-state index contributed by atoms with van der Waals surface area (Å²) in [7, 11) is 0. The lowest BCUT2D eigenvalue weighted by Gasteiger charge is -1.99. The topological polar surface area (TPSA) is 71.5 Å². The van der Waals surface area contributed by atoms with Gasteiger partial charge in [-0.25, -0.2) is 13.8 Å². The Morgan fingerprint density at radius 2 is 1.92 bits per heavy atom. The zero-order chi connectivity index (χ0) is 24.5. The maximum Gasteiger partial charge on any atom is 0.234 e. The lowest BCUT2D eigenvalue weighted by Crippen LogP contribution is -2.37. The third kappa shape index (κ3) is 4.48. The fraction of sp³-hybridized carbons (Fsp3) is 0.214. The third-order valence-corrected chi connectivity index (χ3v) is 6.41. The van der Waals surface area contributed by atoms with E-state index in [2.05, 4.69) is 32.1 Å². The summed E-state index contributed by atoms with van der Waals surface area (Å²) >= 11 is 0. The Hall–Kier alpha value is -4.38. The molecule has 3 aromatic heterocycles. The fourth-order valence-corrected chi connectivity index (χ4v) is 4.47. The molecule has 178 valence electrons. The lowest BCUT2D eigenvalue weighted by molar-refractivity contribution is -0.746. The van der Waals surface area contributed by atoms with Gasteiger partial charge in [-0.2, -0.15) is 0 Å². The second-order valence-corrected chi connectivity index (χ2v) is 8.96. The molecule has 0 radical (unpaired) electrons. The van der Waals surface area contributed by atoms with Crippen LogP contribution in [-0.4, -0.2) is 20.2 Å². The van der Waals surface area contributed by atoms with Crippen molar-refractivity contribution < 1.29 is 18.0 Å². The molecule has 2 aromatic carbocycles. The van der Waals surface area contributed by atoms with Crippen LogP contribution in [0.25, 0.3) is 33.7 Å². The molecule has 1 aliphatic rings. The maximum atomic E-state index is 14.2. The molecule has 36 heavy (non-hydrogen) atoms. The minimum atomic E-state index is -0.944. The molecule has 6 nitrogen and oxygen atoms in total. The van der Waals surface area contributed by atoms with Crippen molar-refractivity contribution in [3.05, 3.63) is 83.9 Å². The van der Waals surface area contributed by atoms with Crippen LogP contribution in [0.2, 0.25) is 0 Å².